The minimum Gasteiger partial charge on any atom is -0.327 e. The fourth-order valence-corrected chi connectivity index (χ4v) is 2.42. The molecule has 1 aromatic heterocycles. The van der Waals surface area contributed by atoms with Crippen LogP contribution in [0, 0.1) is 5.92 Å². The first-order valence-electron chi connectivity index (χ1n) is 5.86. The molecule has 2 unspecified atom stereocenters. The molecule has 0 amide bonds. The molecule has 2 atom stereocenters. The van der Waals surface area contributed by atoms with Crippen molar-refractivity contribution < 1.29 is 0 Å². The van der Waals surface area contributed by atoms with Crippen molar-refractivity contribution in [2.45, 2.75) is 44.6 Å². The molecule has 1 saturated carbocycles. The summed E-state index contributed by atoms with van der Waals surface area (Å²) < 4.78 is 1.76. The molecular formula is C11H20N4. The lowest BCUT2D eigenvalue weighted by Crippen LogP contribution is -2.30. The Labute approximate surface area is 90.8 Å². The Bertz CT molecular complexity index is 307. The van der Waals surface area contributed by atoms with Gasteiger partial charge in [0.15, 0.2) is 0 Å². The maximum atomic E-state index is 6.18. The van der Waals surface area contributed by atoms with Crippen LogP contribution < -0.4 is 5.73 Å². The topological polar surface area (TPSA) is 56.7 Å². The second-order valence-corrected chi connectivity index (χ2v) is 4.65. The van der Waals surface area contributed by atoms with Crippen molar-refractivity contribution in [2.75, 3.05) is 0 Å². The molecule has 1 aliphatic carbocycles. The maximum absolute atomic E-state index is 6.18. The van der Waals surface area contributed by atoms with E-state index in [0.717, 1.165) is 12.1 Å². The number of rotatable bonds is 2. The van der Waals surface area contributed by atoms with Crippen LogP contribution in [-0.4, -0.2) is 21.0 Å². The average molecular weight is 208 g/mol. The fourth-order valence-electron chi connectivity index (χ4n) is 2.42. The predicted molar refractivity (Wildman–Crippen MR) is 59.3 cm³/mol. The van der Waals surface area contributed by atoms with Crippen LogP contribution in [0.1, 0.15) is 37.8 Å². The van der Waals surface area contributed by atoms with Gasteiger partial charge in [-0.1, -0.05) is 24.5 Å². The average Bonchev–Trinajstić information content (AvgIpc) is 2.50. The van der Waals surface area contributed by atoms with Crippen LogP contribution in [-0.2, 0) is 13.5 Å². The van der Waals surface area contributed by atoms with Crippen molar-refractivity contribution in [3.63, 3.8) is 0 Å². The Kier molecular flexibility index (Phi) is 3.36. The Balaban J connectivity index is 1.97. The summed E-state index contributed by atoms with van der Waals surface area (Å²) in [6.07, 6.45) is 9.36. The first-order valence-corrected chi connectivity index (χ1v) is 5.86. The van der Waals surface area contributed by atoms with Crippen LogP contribution in [0.15, 0.2) is 6.20 Å². The van der Waals surface area contributed by atoms with Gasteiger partial charge in [-0.05, 0) is 25.2 Å². The summed E-state index contributed by atoms with van der Waals surface area (Å²) in [6.45, 7) is 0. The van der Waals surface area contributed by atoms with E-state index in [1.807, 2.05) is 13.2 Å². The molecule has 84 valence electrons. The number of nitrogens with zero attached hydrogens (tertiary/aromatic N) is 3. The summed E-state index contributed by atoms with van der Waals surface area (Å²) in [5.74, 6) is 0.601. The molecule has 4 heteroatoms. The number of aromatic nitrogens is 3. The Hall–Kier alpha value is -0.900. The number of hydrogen-bond acceptors (Lipinski definition) is 3. The molecule has 0 saturated heterocycles. The summed E-state index contributed by atoms with van der Waals surface area (Å²) in [4.78, 5) is 0. The van der Waals surface area contributed by atoms with Gasteiger partial charge < -0.3 is 5.73 Å². The van der Waals surface area contributed by atoms with Gasteiger partial charge in [0.1, 0.15) is 0 Å². The van der Waals surface area contributed by atoms with Crippen molar-refractivity contribution >= 4 is 0 Å². The molecule has 2 N–H and O–H groups in total. The Morgan fingerprint density at radius 2 is 2.20 bits per heavy atom. The zero-order valence-electron chi connectivity index (χ0n) is 9.39. The maximum Gasteiger partial charge on any atom is 0.0830 e. The summed E-state index contributed by atoms with van der Waals surface area (Å²) in [7, 11) is 1.91. The van der Waals surface area contributed by atoms with Crippen molar-refractivity contribution in [3.8, 4) is 0 Å². The van der Waals surface area contributed by atoms with E-state index in [-0.39, 0.29) is 0 Å². The van der Waals surface area contributed by atoms with Gasteiger partial charge in [-0.2, -0.15) is 0 Å². The van der Waals surface area contributed by atoms with Gasteiger partial charge in [0.05, 0.1) is 5.69 Å². The minimum absolute atomic E-state index is 0.356. The molecule has 1 aromatic rings. The molecule has 0 aliphatic heterocycles. The molecule has 0 bridgehead atoms. The van der Waals surface area contributed by atoms with Crippen molar-refractivity contribution in [1.82, 2.24) is 15.0 Å². The van der Waals surface area contributed by atoms with Crippen LogP contribution in [0.25, 0.3) is 0 Å². The molecule has 2 rings (SSSR count). The Morgan fingerprint density at radius 1 is 1.40 bits per heavy atom. The molecule has 4 nitrogen and oxygen atoms in total. The third kappa shape index (κ3) is 2.78. The van der Waals surface area contributed by atoms with Crippen LogP contribution in [0.5, 0.6) is 0 Å². The third-order valence-electron chi connectivity index (χ3n) is 3.34. The van der Waals surface area contributed by atoms with Gasteiger partial charge in [-0.3, -0.25) is 4.68 Å². The zero-order valence-corrected chi connectivity index (χ0v) is 9.39. The van der Waals surface area contributed by atoms with E-state index < -0.39 is 0 Å². The summed E-state index contributed by atoms with van der Waals surface area (Å²) in [5, 5.41) is 8.09. The fraction of sp³-hybridized carbons (Fsp3) is 0.818. The number of hydrogen-bond donors (Lipinski definition) is 1. The summed E-state index contributed by atoms with van der Waals surface area (Å²) >= 11 is 0. The van der Waals surface area contributed by atoms with Crippen LogP contribution in [0.4, 0.5) is 0 Å². The zero-order chi connectivity index (χ0) is 10.7. The van der Waals surface area contributed by atoms with Gasteiger partial charge in [0.2, 0.25) is 0 Å². The van der Waals surface area contributed by atoms with Crippen LogP contribution in [0.3, 0.4) is 0 Å². The highest BCUT2D eigenvalue weighted by atomic mass is 15.4. The highest BCUT2D eigenvalue weighted by Gasteiger charge is 2.21. The van der Waals surface area contributed by atoms with Crippen molar-refractivity contribution in [3.05, 3.63) is 11.9 Å². The molecule has 15 heavy (non-hydrogen) atoms. The minimum atomic E-state index is 0.356. The first kappa shape index (κ1) is 10.6. The van der Waals surface area contributed by atoms with Crippen molar-refractivity contribution in [1.29, 1.82) is 0 Å². The van der Waals surface area contributed by atoms with Crippen molar-refractivity contribution in [2.24, 2.45) is 18.7 Å². The van der Waals surface area contributed by atoms with Gasteiger partial charge in [0.25, 0.3) is 0 Å². The second-order valence-electron chi connectivity index (χ2n) is 4.65. The van der Waals surface area contributed by atoms with E-state index >= 15 is 0 Å². The highest BCUT2D eigenvalue weighted by molar-refractivity contribution is 4.96. The first-order chi connectivity index (χ1) is 7.25. The molecule has 1 fully saturated rings. The standard InChI is InChI=1S/C11H20N4/c1-15-8-10(13-14-15)7-9-5-3-2-4-6-11(9)12/h8-9,11H,2-7,12H2,1H3. The molecule has 0 aromatic carbocycles. The summed E-state index contributed by atoms with van der Waals surface area (Å²) in [6, 6.07) is 0.356. The van der Waals surface area contributed by atoms with Gasteiger partial charge in [-0.25, -0.2) is 0 Å². The smallest absolute Gasteiger partial charge is 0.0830 e. The Morgan fingerprint density at radius 3 is 2.93 bits per heavy atom. The lowest BCUT2D eigenvalue weighted by atomic mass is 9.91. The molecule has 0 spiro atoms. The quantitative estimate of drug-likeness (QED) is 0.744. The highest BCUT2D eigenvalue weighted by Crippen LogP contribution is 2.24. The van der Waals surface area contributed by atoms with Gasteiger partial charge in [-0.15, -0.1) is 5.10 Å². The molecule has 1 aliphatic rings. The van der Waals surface area contributed by atoms with E-state index in [0.29, 0.717) is 12.0 Å². The molecule has 1 heterocycles. The van der Waals surface area contributed by atoms with E-state index in [1.54, 1.807) is 4.68 Å². The normalized spacial score (nSPS) is 27.6. The molecular weight excluding hydrogens is 188 g/mol. The third-order valence-corrected chi connectivity index (χ3v) is 3.34. The predicted octanol–water partition coefficient (Wildman–Crippen LogP) is 1.27. The number of nitrogens with two attached hydrogens (primary N) is 1. The van der Waals surface area contributed by atoms with E-state index in [9.17, 15) is 0 Å². The summed E-state index contributed by atoms with van der Waals surface area (Å²) in [5.41, 5.74) is 7.26. The number of aryl methyl sites for hydroxylation is 1. The van der Waals surface area contributed by atoms with E-state index in [2.05, 4.69) is 10.3 Å². The second kappa shape index (κ2) is 4.75. The largest absolute Gasteiger partial charge is 0.327 e. The monoisotopic (exact) mass is 208 g/mol. The lowest BCUT2D eigenvalue weighted by Gasteiger charge is -2.19. The van der Waals surface area contributed by atoms with Gasteiger partial charge >= 0.3 is 0 Å². The van der Waals surface area contributed by atoms with E-state index in [4.69, 9.17) is 5.73 Å². The molecule has 0 radical (unpaired) electrons. The van der Waals surface area contributed by atoms with Gasteiger partial charge in [0, 0.05) is 19.3 Å². The SMILES string of the molecule is Cn1cc(CC2CCCCCC2N)nn1. The van der Waals surface area contributed by atoms with Crippen LogP contribution >= 0.6 is 0 Å². The van der Waals surface area contributed by atoms with E-state index in [1.165, 1.54) is 32.1 Å². The van der Waals surface area contributed by atoms with Crippen LogP contribution in [0.2, 0.25) is 0 Å². The lowest BCUT2D eigenvalue weighted by molar-refractivity contribution is 0.392.